The number of amides is 1. The number of nitrogens with one attached hydrogen (secondary N) is 2. The summed E-state index contributed by atoms with van der Waals surface area (Å²) in [6.07, 6.45) is 3.90. The van der Waals surface area contributed by atoms with Crippen LogP contribution < -0.4 is 10.6 Å². The van der Waals surface area contributed by atoms with Crippen LogP contribution in [0.15, 0.2) is 0 Å². The first-order chi connectivity index (χ1) is 7.83. The summed E-state index contributed by atoms with van der Waals surface area (Å²) in [6.45, 7) is 8.00. The normalized spacial score (nSPS) is 22.1. The van der Waals surface area contributed by atoms with Crippen LogP contribution in [0.4, 0.5) is 0 Å². The second kappa shape index (κ2) is 5.83. The minimum atomic E-state index is -0.550. The summed E-state index contributed by atoms with van der Waals surface area (Å²) in [4.78, 5) is 10.7. The van der Waals surface area contributed by atoms with Crippen LogP contribution in [0.5, 0.6) is 0 Å². The fourth-order valence-corrected chi connectivity index (χ4v) is 2.22. The van der Waals surface area contributed by atoms with Gasteiger partial charge in [0.25, 0.3) is 0 Å². The van der Waals surface area contributed by atoms with Crippen LogP contribution in [0.3, 0.4) is 0 Å². The number of rotatable bonds is 5. The van der Waals surface area contributed by atoms with E-state index in [0.717, 1.165) is 25.7 Å². The van der Waals surface area contributed by atoms with Crippen molar-refractivity contribution in [3.8, 4) is 0 Å². The lowest BCUT2D eigenvalue weighted by molar-refractivity contribution is -0.118. The highest BCUT2D eigenvalue weighted by Gasteiger charge is 2.36. The van der Waals surface area contributed by atoms with E-state index < -0.39 is 5.60 Å². The minimum absolute atomic E-state index is 0.00933. The van der Waals surface area contributed by atoms with E-state index in [9.17, 15) is 9.90 Å². The van der Waals surface area contributed by atoms with Crippen molar-refractivity contribution in [3.63, 3.8) is 0 Å². The van der Waals surface area contributed by atoms with Crippen molar-refractivity contribution in [1.82, 2.24) is 10.6 Å². The van der Waals surface area contributed by atoms with Crippen LogP contribution in [0.2, 0.25) is 0 Å². The molecule has 4 nitrogen and oxygen atoms in total. The van der Waals surface area contributed by atoms with Crippen molar-refractivity contribution in [2.75, 3.05) is 19.6 Å². The number of hydrogen-bond acceptors (Lipinski definition) is 3. The quantitative estimate of drug-likeness (QED) is 0.631. The molecule has 3 N–H and O–H groups in total. The first-order valence-corrected chi connectivity index (χ1v) is 6.51. The molecule has 0 heterocycles. The van der Waals surface area contributed by atoms with Gasteiger partial charge in [0.05, 0.1) is 5.60 Å². The molecule has 1 fully saturated rings. The minimum Gasteiger partial charge on any atom is -0.389 e. The number of carbonyl (C=O) groups excluding carboxylic acids is 1. The van der Waals surface area contributed by atoms with E-state index in [1.807, 2.05) is 0 Å². The average Bonchev–Trinajstić information content (AvgIpc) is 2.23. The van der Waals surface area contributed by atoms with Gasteiger partial charge in [0.15, 0.2) is 0 Å². The zero-order valence-electron chi connectivity index (χ0n) is 11.3. The lowest BCUT2D eigenvalue weighted by Crippen LogP contribution is -2.46. The fourth-order valence-electron chi connectivity index (χ4n) is 2.22. The van der Waals surface area contributed by atoms with Crippen molar-refractivity contribution in [2.24, 2.45) is 5.41 Å². The van der Waals surface area contributed by atoms with Crippen molar-refractivity contribution in [2.45, 2.75) is 52.1 Å². The molecule has 1 saturated carbocycles. The topological polar surface area (TPSA) is 61.4 Å². The third-order valence-electron chi connectivity index (χ3n) is 3.66. The maximum Gasteiger partial charge on any atom is 0.216 e. The van der Waals surface area contributed by atoms with Gasteiger partial charge >= 0.3 is 0 Å². The molecule has 4 heteroatoms. The first kappa shape index (κ1) is 14.5. The maximum atomic E-state index is 10.7. The van der Waals surface area contributed by atoms with E-state index in [4.69, 9.17) is 0 Å². The van der Waals surface area contributed by atoms with Gasteiger partial charge < -0.3 is 15.7 Å². The summed E-state index contributed by atoms with van der Waals surface area (Å²) in [7, 11) is 0. The smallest absolute Gasteiger partial charge is 0.216 e. The Bertz CT molecular complexity index is 254. The highest BCUT2D eigenvalue weighted by Crippen LogP contribution is 2.39. The van der Waals surface area contributed by atoms with Crippen LogP contribution in [0.25, 0.3) is 0 Å². The lowest BCUT2D eigenvalue weighted by Gasteiger charge is -2.40. The van der Waals surface area contributed by atoms with Gasteiger partial charge in [-0.15, -0.1) is 0 Å². The molecule has 0 saturated heterocycles. The molecule has 0 aromatic carbocycles. The molecular weight excluding hydrogens is 216 g/mol. The summed E-state index contributed by atoms with van der Waals surface area (Å²) in [5.41, 5.74) is -0.172. The van der Waals surface area contributed by atoms with Gasteiger partial charge in [-0.1, -0.05) is 13.8 Å². The molecular formula is C13H26N2O2. The monoisotopic (exact) mass is 242 g/mol. The zero-order valence-corrected chi connectivity index (χ0v) is 11.3. The Labute approximate surface area is 104 Å². The fraction of sp³-hybridized carbons (Fsp3) is 0.923. The predicted octanol–water partition coefficient (Wildman–Crippen LogP) is 1.04. The summed E-state index contributed by atoms with van der Waals surface area (Å²) in [6, 6.07) is 0. The van der Waals surface area contributed by atoms with E-state index in [0.29, 0.717) is 25.0 Å². The lowest BCUT2D eigenvalue weighted by atomic mass is 9.71. The van der Waals surface area contributed by atoms with Crippen molar-refractivity contribution in [1.29, 1.82) is 0 Å². The van der Waals surface area contributed by atoms with Gasteiger partial charge in [-0.3, -0.25) is 4.79 Å². The predicted molar refractivity (Wildman–Crippen MR) is 68.8 cm³/mol. The van der Waals surface area contributed by atoms with Crippen LogP contribution >= 0.6 is 0 Å². The van der Waals surface area contributed by atoms with E-state index in [1.165, 1.54) is 6.92 Å². The Kier molecular flexibility index (Phi) is 4.95. The Morgan fingerprint density at radius 3 is 2.29 bits per heavy atom. The standard InChI is InChI=1S/C13H26N2O2/c1-11(16)15-9-8-14-10-13(17)6-4-12(2,3)5-7-13/h14,17H,4-10H2,1-3H3,(H,15,16). The van der Waals surface area contributed by atoms with Gasteiger partial charge in [-0.2, -0.15) is 0 Å². The SMILES string of the molecule is CC(=O)NCCNCC1(O)CCC(C)(C)CC1. The summed E-state index contributed by atoms with van der Waals surface area (Å²) in [5, 5.41) is 16.3. The molecule has 0 unspecified atom stereocenters. The molecule has 1 aliphatic carbocycles. The van der Waals surface area contributed by atoms with Gasteiger partial charge in [0.1, 0.15) is 0 Å². The summed E-state index contributed by atoms with van der Waals surface area (Å²) >= 11 is 0. The zero-order chi connectivity index (χ0) is 12.9. The van der Waals surface area contributed by atoms with Crippen LogP contribution in [0, 0.1) is 5.41 Å². The Hall–Kier alpha value is -0.610. The van der Waals surface area contributed by atoms with Crippen molar-refractivity contribution in [3.05, 3.63) is 0 Å². The molecule has 1 aliphatic rings. The van der Waals surface area contributed by atoms with Gasteiger partial charge in [-0.25, -0.2) is 0 Å². The van der Waals surface area contributed by atoms with Crippen molar-refractivity contribution < 1.29 is 9.90 Å². The van der Waals surface area contributed by atoms with E-state index >= 15 is 0 Å². The second-order valence-electron chi connectivity index (χ2n) is 6.05. The van der Waals surface area contributed by atoms with Gasteiger partial charge in [0.2, 0.25) is 5.91 Å². The molecule has 1 amide bonds. The van der Waals surface area contributed by atoms with Crippen LogP contribution in [0.1, 0.15) is 46.5 Å². The van der Waals surface area contributed by atoms with E-state index in [-0.39, 0.29) is 5.91 Å². The first-order valence-electron chi connectivity index (χ1n) is 6.51. The molecule has 17 heavy (non-hydrogen) atoms. The van der Waals surface area contributed by atoms with Gasteiger partial charge in [-0.05, 0) is 31.1 Å². The molecule has 0 aliphatic heterocycles. The number of hydrogen-bond donors (Lipinski definition) is 3. The molecule has 1 rings (SSSR count). The summed E-state index contributed by atoms with van der Waals surface area (Å²) in [5.74, 6) is -0.00933. The molecule has 0 radical (unpaired) electrons. The third-order valence-corrected chi connectivity index (χ3v) is 3.66. The molecule has 0 atom stereocenters. The highest BCUT2D eigenvalue weighted by molar-refractivity contribution is 5.72. The maximum absolute atomic E-state index is 10.7. The largest absolute Gasteiger partial charge is 0.389 e. The van der Waals surface area contributed by atoms with E-state index in [2.05, 4.69) is 24.5 Å². The summed E-state index contributed by atoms with van der Waals surface area (Å²) < 4.78 is 0. The number of carbonyl (C=O) groups is 1. The number of aliphatic hydroxyl groups is 1. The Morgan fingerprint density at radius 2 is 1.76 bits per heavy atom. The average molecular weight is 242 g/mol. The molecule has 0 aromatic heterocycles. The van der Waals surface area contributed by atoms with Gasteiger partial charge in [0, 0.05) is 26.6 Å². The Balaban J connectivity index is 2.16. The Morgan fingerprint density at radius 1 is 1.18 bits per heavy atom. The highest BCUT2D eigenvalue weighted by atomic mass is 16.3. The van der Waals surface area contributed by atoms with Crippen LogP contribution in [-0.2, 0) is 4.79 Å². The van der Waals surface area contributed by atoms with Crippen molar-refractivity contribution >= 4 is 5.91 Å². The van der Waals surface area contributed by atoms with Crippen LogP contribution in [-0.4, -0.2) is 36.2 Å². The third kappa shape index (κ3) is 5.50. The molecule has 0 bridgehead atoms. The van der Waals surface area contributed by atoms with E-state index in [1.54, 1.807) is 0 Å². The molecule has 0 aromatic rings. The molecule has 0 spiro atoms. The second-order valence-corrected chi connectivity index (χ2v) is 6.05. The molecule has 100 valence electrons.